The first kappa shape index (κ1) is 17.5. The number of benzene rings is 1. The highest BCUT2D eigenvalue weighted by Crippen LogP contribution is 2.20. The number of pyridine rings is 1. The number of carboxylic acids is 1. The van der Waals surface area contributed by atoms with Crippen LogP contribution in [0.4, 0.5) is 11.5 Å². The Labute approximate surface area is 141 Å². The summed E-state index contributed by atoms with van der Waals surface area (Å²) in [6.45, 7) is 0.456. The molecule has 0 spiro atoms. The van der Waals surface area contributed by atoms with E-state index in [0.717, 1.165) is 11.5 Å². The van der Waals surface area contributed by atoms with Gasteiger partial charge >= 0.3 is 5.97 Å². The SMILES string of the molecule is CN(c1ccccc1)c1ccc(C(=O)NCCCCC(=O)O)cn1. The summed E-state index contributed by atoms with van der Waals surface area (Å²) < 4.78 is 0. The molecule has 0 aliphatic rings. The number of hydrogen-bond acceptors (Lipinski definition) is 4. The van der Waals surface area contributed by atoms with Crippen molar-refractivity contribution in [1.29, 1.82) is 0 Å². The van der Waals surface area contributed by atoms with Gasteiger partial charge in [-0.2, -0.15) is 0 Å². The van der Waals surface area contributed by atoms with Crippen molar-refractivity contribution in [3.05, 3.63) is 54.2 Å². The smallest absolute Gasteiger partial charge is 0.303 e. The van der Waals surface area contributed by atoms with E-state index >= 15 is 0 Å². The van der Waals surface area contributed by atoms with Crippen molar-refractivity contribution in [1.82, 2.24) is 10.3 Å². The van der Waals surface area contributed by atoms with E-state index in [9.17, 15) is 9.59 Å². The summed E-state index contributed by atoms with van der Waals surface area (Å²) in [4.78, 5) is 28.7. The monoisotopic (exact) mass is 327 g/mol. The molecule has 2 rings (SSSR count). The van der Waals surface area contributed by atoms with Gasteiger partial charge in [0.25, 0.3) is 5.91 Å². The van der Waals surface area contributed by atoms with Crippen molar-refractivity contribution in [2.75, 3.05) is 18.5 Å². The van der Waals surface area contributed by atoms with Crippen molar-refractivity contribution in [3.8, 4) is 0 Å². The summed E-state index contributed by atoms with van der Waals surface area (Å²) in [7, 11) is 1.92. The highest BCUT2D eigenvalue weighted by Gasteiger charge is 2.08. The number of amides is 1. The highest BCUT2D eigenvalue weighted by atomic mass is 16.4. The van der Waals surface area contributed by atoms with Crippen LogP contribution >= 0.6 is 0 Å². The standard InChI is InChI=1S/C18H21N3O3/c1-21(15-7-3-2-4-8-15)16-11-10-14(13-20-16)18(24)19-12-6-5-9-17(22)23/h2-4,7-8,10-11,13H,5-6,9,12H2,1H3,(H,19,24)(H,22,23). The van der Waals surface area contributed by atoms with Gasteiger partial charge < -0.3 is 15.3 Å². The quantitative estimate of drug-likeness (QED) is 0.729. The van der Waals surface area contributed by atoms with Crippen LogP contribution in [0.5, 0.6) is 0 Å². The van der Waals surface area contributed by atoms with E-state index in [2.05, 4.69) is 10.3 Å². The lowest BCUT2D eigenvalue weighted by molar-refractivity contribution is -0.137. The van der Waals surface area contributed by atoms with Crippen LogP contribution in [0.25, 0.3) is 0 Å². The van der Waals surface area contributed by atoms with Crippen molar-refractivity contribution in [3.63, 3.8) is 0 Å². The second kappa shape index (κ2) is 8.67. The summed E-state index contributed by atoms with van der Waals surface area (Å²) >= 11 is 0. The maximum absolute atomic E-state index is 12.0. The molecule has 6 heteroatoms. The number of hydrogen-bond donors (Lipinski definition) is 2. The van der Waals surface area contributed by atoms with E-state index in [0.29, 0.717) is 24.9 Å². The van der Waals surface area contributed by atoms with Crippen LogP contribution in [-0.2, 0) is 4.79 Å². The minimum absolute atomic E-state index is 0.123. The number of carbonyl (C=O) groups excluding carboxylic acids is 1. The molecule has 2 N–H and O–H groups in total. The van der Waals surface area contributed by atoms with Crippen LogP contribution in [-0.4, -0.2) is 35.6 Å². The van der Waals surface area contributed by atoms with E-state index in [-0.39, 0.29) is 12.3 Å². The zero-order chi connectivity index (χ0) is 17.4. The fourth-order valence-corrected chi connectivity index (χ4v) is 2.21. The molecule has 0 saturated heterocycles. The van der Waals surface area contributed by atoms with Crippen LogP contribution in [0.15, 0.2) is 48.7 Å². The third kappa shape index (κ3) is 5.08. The predicted octanol–water partition coefficient (Wildman–Crippen LogP) is 2.83. The minimum atomic E-state index is -0.816. The van der Waals surface area contributed by atoms with Gasteiger partial charge in [-0.1, -0.05) is 18.2 Å². The maximum Gasteiger partial charge on any atom is 0.303 e. The second-order valence-electron chi connectivity index (χ2n) is 5.41. The van der Waals surface area contributed by atoms with Crippen molar-refractivity contribution >= 4 is 23.4 Å². The highest BCUT2D eigenvalue weighted by molar-refractivity contribution is 5.94. The number of nitrogens with one attached hydrogen (secondary N) is 1. The minimum Gasteiger partial charge on any atom is -0.481 e. The first-order valence-corrected chi connectivity index (χ1v) is 7.83. The summed E-state index contributed by atoms with van der Waals surface area (Å²) in [6, 6.07) is 13.4. The normalized spacial score (nSPS) is 10.2. The van der Waals surface area contributed by atoms with Crippen LogP contribution in [0.1, 0.15) is 29.6 Å². The van der Waals surface area contributed by atoms with Crippen LogP contribution < -0.4 is 10.2 Å². The number of unbranched alkanes of at least 4 members (excludes halogenated alkanes) is 1. The maximum atomic E-state index is 12.0. The predicted molar refractivity (Wildman–Crippen MR) is 92.6 cm³/mol. The molecule has 0 fully saturated rings. The number of para-hydroxylation sites is 1. The Kier molecular flexibility index (Phi) is 6.31. The zero-order valence-electron chi connectivity index (χ0n) is 13.6. The van der Waals surface area contributed by atoms with Gasteiger partial charge in [0, 0.05) is 31.9 Å². The molecule has 24 heavy (non-hydrogen) atoms. The lowest BCUT2D eigenvalue weighted by atomic mass is 10.2. The summed E-state index contributed by atoms with van der Waals surface area (Å²) in [5.41, 5.74) is 1.50. The first-order chi connectivity index (χ1) is 11.6. The van der Waals surface area contributed by atoms with Gasteiger partial charge in [0.05, 0.1) is 5.56 Å². The molecule has 1 aromatic heterocycles. The fraction of sp³-hybridized carbons (Fsp3) is 0.278. The molecule has 0 radical (unpaired) electrons. The lowest BCUT2D eigenvalue weighted by Crippen LogP contribution is -2.24. The van der Waals surface area contributed by atoms with E-state index in [1.54, 1.807) is 18.3 Å². The third-order valence-corrected chi connectivity index (χ3v) is 3.60. The van der Waals surface area contributed by atoms with Gasteiger partial charge in [-0.25, -0.2) is 4.98 Å². The number of aromatic nitrogens is 1. The Hall–Kier alpha value is -2.89. The Morgan fingerprint density at radius 2 is 1.88 bits per heavy atom. The topological polar surface area (TPSA) is 82.5 Å². The van der Waals surface area contributed by atoms with E-state index in [1.807, 2.05) is 42.3 Å². The number of carboxylic acid groups (broad SMARTS) is 1. The summed E-state index contributed by atoms with van der Waals surface area (Å²) in [5.74, 6) is -0.269. The molecular weight excluding hydrogens is 306 g/mol. The molecule has 2 aromatic rings. The van der Waals surface area contributed by atoms with Gasteiger partial charge in [-0.3, -0.25) is 9.59 Å². The molecule has 0 atom stereocenters. The van der Waals surface area contributed by atoms with E-state index < -0.39 is 5.97 Å². The fourth-order valence-electron chi connectivity index (χ4n) is 2.21. The Morgan fingerprint density at radius 3 is 2.50 bits per heavy atom. The van der Waals surface area contributed by atoms with Gasteiger partial charge in [0.2, 0.25) is 0 Å². The van der Waals surface area contributed by atoms with Crippen molar-refractivity contribution in [2.45, 2.75) is 19.3 Å². The van der Waals surface area contributed by atoms with Gasteiger partial charge in [-0.05, 0) is 37.1 Å². The average molecular weight is 327 g/mol. The number of nitrogens with zero attached hydrogens (tertiary/aromatic N) is 2. The summed E-state index contributed by atoms with van der Waals surface area (Å²) in [6.07, 6.45) is 2.86. The van der Waals surface area contributed by atoms with Gasteiger partial charge in [0.1, 0.15) is 5.82 Å². The molecule has 1 aromatic carbocycles. The van der Waals surface area contributed by atoms with Crippen LogP contribution in [0.2, 0.25) is 0 Å². The number of carbonyl (C=O) groups is 2. The molecule has 0 saturated carbocycles. The van der Waals surface area contributed by atoms with Gasteiger partial charge in [0.15, 0.2) is 0 Å². The van der Waals surface area contributed by atoms with Gasteiger partial charge in [-0.15, -0.1) is 0 Å². The molecule has 0 aliphatic heterocycles. The molecule has 0 unspecified atom stereocenters. The number of anilines is 2. The van der Waals surface area contributed by atoms with Crippen LogP contribution in [0.3, 0.4) is 0 Å². The zero-order valence-corrected chi connectivity index (χ0v) is 13.6. The number of rotatable bonds is 8. The van der Waals surface area contributed by atoms with E-state index in [1.165, 1.54) is 0 Å². The lowest BCUT2D eigenvalue weighted by Gasteiger charge is -2.18. The molecule has 6 nitrogen and oxygen atoms in total. The van der Waals surface area contributed by atoms with E-state index in [4.69, 9.17) is 5.11 Å². The van der Waals surface area contributed by atoms with Crippen molar-refractivity contribution < 1.29 is 14.7 Å². The Balaban J connectivity index is 1.87. The Bertz CT molecular complexity index is 672. The molecule has 0 bridgehead atoms. The summed E-state index contributed by atoms with van der Waals surface area (Å²) in [5, 5.41) is 11.3. The molecular formula is C18H21N3O3. The second-order valence-corrected chi connectivity index (χ2v) is 5.41. The molecule has 0 aliphatic carbocycles. The van der Waals surface area contributed by atoms with Crippen molar-refractivity contribution in [2.24, 2.45) is 0 Å². The average Bonchev–Trinajstić information content (AvgIpc) is 2.61. The number of aliphatic carboxylic acids is 1. The first-order valence-electron chi connectivity index (χ1n) is 7.83. The largest absolute Gasteiger partial charge is 0.481 e. The molecule has 1 heterocycles. The van der Waals surface area contributed by atoms with Crippen LogP contribution in [0, 0.1) is 0 Å². The molecule has 1 amide bonds. The third-order valence-electron chi connectivity index (χ3n) is 3.60. The Morgan fingerprint density at radius 1 is 1.12 bits per heavy atom. The molecule has 126 valence electrons.